The van der Waals surface area contributed by atoms with Crippen molar-refractivity contribution in [2.24, 2.45) is 0 Å². The predicted octanol–water partition coefficient (Wildman–Crippen LogP) is 4.59. The van der Waals surface area contributed by atoms with Crippen LogP contribution in [0.2, 0.25) is 5.02 Å². The molecular formula is C14H6BrClN2O5S. The Hall–Kier alpha value is -2.10. The zero-order chi connectivity index (χ0) is 17.4. The maximum absolute atomic E-state index is 11.5. The van der Waals surface area contributed by atoms with E-state index in [2.05, 4.69) is 21.2 Å². The number of carbonyl (C=O) groups excluding carboxylic acids is 2. The SMILES string of the molecule is O=C1NC(=O)/C(=C/c2ccc(-c3cc(Cl)c(Br)c([N+](=O)[O-])c3)o2)S1. The second kappa shape index (κ2) is 6.42. The first-order valence-corrected chi connectivity index (χ1v) is 8.32. The van der Waals surface area contributed by atoms with Crippen molar-refractivity contribution in [1.82, 2.24) is 5.32 Å². The lowest BCUT2D eigenvalue weighted by atomic mass is 10.1. The average molecular weight is 430 g/mol. The van der Waals surface area contributed by atoms with Gasteiger partial charge in [-0.25, -0.2) is 0 Å². The molecule has 0 saturated carbocycles. The number of hydrogen-bond acceptors (Lipinski definition) is 6. The number of carbonyl (C=O) groups is 2. The molecule has 0 bridgehead atoms. The molecule has 2 amide bonds. The van der Waals surface area contributed by atoms with E-state index in [1.807, 2.05) is 0 Å². The fourth-order valence-corrected chi connectivity index (χ4v) is 3.24. The highest BCUT2D eigenvalue weighted by atomic mass is 79.9. The number of hydrogen-bond donors (Lipinski definition) is 1. The van der Waals surface area contributed by atoms with Crippen molar-refractivity contribution < 1.29 is 18.9 Å². The fourth-order valence-electron chi connectivity index (χ4n) is 1.99. The summed E-state index contributed by atoms with van der Waals surface area (Å²) in [5.74, 6) is 0.179. The molecule has 2 heterocycles. The van der Waals surface area contributed by atoms with Gasteiger partial charge in [-0.2, -0.15) is 0 Å². The topological polar surface area (TPSA) is 102 Å². The third-order valence-corrected chi connectivity index (χ3v) is 5.20. The van der Waals surface area contributed by atoms with Crippen molar-refractivity contribution >= 4 is 62.2 Å². The molecule has 0 unspecified atom stereocenters. The number of nitro groups is 1. The highest BCUT2D eigenvalue weighted by Gasteiger charge is 2.25. The molecule has 0 spiro atoms. The molecular weight excluding hydrogens is 424 g/mol. The van der Waals surface area contributed by atoms with E-state index >= 15 is 0 Å². The molecule has 2 aromatic rings. The van der Waals surface area contributed by atoms with Gasteiger partial charge >= 0.3 is 0 Å². The Balaban J connectivity index is 1.97. The van der Waals surface area contributed by atoms with E-state index in [0.717, 1.165) is 11.8 Å². The molecule has 1 aromatic heterocycles. The van der Waals surface area contributed by atoms with Crippen molar-refractivity contribution in [2.75, 3.05) is 0 Å². The zero-order valence-corrected chi connectivity index (χ0v) is 14.7. The number of nitrogens with zero attached hydrogens (tertiary/aromatic N) is 1. The van der Waals surface area contributed by atoms with Crippen LogP contribution in [0.15, 0.2) is 38.1 Å². The Morgan fingerprint density at radius 3 is 2.71 bits per heavy atom. The Morgan fingerprint density at radius 1 is 1.33 bits per heavy atom. The van der Waals surface area contributed by atoms with E-state index in [1.54, 1.807) is 12.1 Å². The van der Waals surface area contributed by atoms with Crippen LogP contribution in [0.3, 0.4) is 0 Å². The van der Waals surface area contributed by atoms with E-state index < -0.39 is 16.1 Å². The van der Waals surface area contributed by atoms with Gasteiger partial charge in [-0.3, -0.25) is 25.0 Å². The van der Waals surface area contributed by atoms with Gasteiger partial charge in [-0.1, -0.05) is 11.6 Å². The minimum Gasteiger partial charge on any atom is -0.457 e. The Bertz CT molecular complexity index is 924. The van der Waals surface area contributed by atoms with Crippen LogP contribution < -0.4 is 5.32 Å². The molecule has 122 valence electrons. The number of amides is 2. The first-order chi connectivity index (χ1) is 11.3. The lowest BCUT2D eigenvalue weighted by Crippen LogP contribution is -2.17. The molecule has 10 heteroatoms. The van der Waals surface area contributed by atoms with Gasteiger partial charge in [0.2, 0.25) is 0 Å². The minimum atomic E-state index is -0.559. The number of halogens is 2. The van der Waals surface area contributed by atoms with Gasteiger partial charge in [0.1, 0.15) is 16.0 Å². The number of rotatable bonds is 3. The summed E-state index contributed by atoms with van der Waals surface area (Å²) in [5.41, 5.74) is 0.226. The summed E-state index contributed by atoms with van der Waals surface area (Å²) in [6, 6.07) is 6.02. The van der Waals surface area contributed by atoms with Crippen LogP contribution in [-0.2, 0) is 4.79 Å². The minimum absolute atomic E-state index is 0.173. The fraction of sp³-hybridized carbons (Fsp3) is 0. The van der Waals surface area contributed by atoms with Crippen LogP contribution in [0.1, 0.15) is 5.76 Å². The maximum Gasteiger partial charge on any atom is 0.290 e. The lowest BCUT2D eigenvalue weighted by Gasteiger charge is -2.02. The molecule has 1 N–H and O–H groups in total. The van der Waals surface area contributed by atoms with Crippen LogP contribution in [0.25, 0.3) is 17.4 Å². The lowest BCUT2D eigenvalue weighted by molar-refractivity contribution is -0.385. The summed E-state index contributed by atoms with van der Waals surface area (Å²) >= 11 is 9.83. The molecule has 0 atom stereocenters. The molecule has 1 saturated heterocycles. The number of furan rings is 1. The van der Waals surface area contributed by atoms with Crippen LogP contribution in [0.4, 0.5) is 10.5 Å². The number of nitro benzene ring substituents is 1. The molecule has 1 aromatic carbocycles. The van der Waals surface area contributed by atoms with Crippen molar-refractivity contribution in [2.45, 2.75) is 0 Å². The summed E-state index contributed by atoms with van der Waals surface area (Å²) in [5, 5.41) is 12.9. The monoisotopic (exact) mass is 428 g/mol. The molecule has 1 aliphatic rings. The van der Waals surface area contributed by atoms with Crippen molar-refractivity contribution in [3.8, 4) is 11.3 Å². The van der Waals surface area contributed by atoms with Gasteiger partial charge in [-0.15, -0.1) is 0 Å². The third kappa shape index (κ3) is 3.23. The normalized spacial score (nSPS) is 15.8. The molecule has 1 fully saturated rings. The van der Waals surface area contributed by atoms with E-state index in [9.17, 15) is 19.7 Å². The average Bonchev–Trinajstić information content (AvgIpc) is 3.09. The van der Waals surface area contributed by atoms with E-state index in [1.165, 1.54) is 18.2 Å². The molecule has 3 rings (SSSR count). The summed E-state index contributed by atoms with van der Waals surface area (Å²) in [6.07, 6.45) is 1.42. The second-order valence-electron chi connectivity index (χ2n) is 4.60. The molecule has 1 aliphatic heterocycles. The number of nitrogens with one attached hydrogen (secondary N) is 1. The molecule has 7 nitrogen and oxygen atoms in total. The van der Waals surface area contributed by atoms with Gasteiger partial charge < -0.3 is 4.42 Å². The van der Waals surface area contributed by atoms with Crippen molar-refractivity contribution in [3.05, 3.63) is 54.5 Å². The quantitative estimate of drug-likeness (QED) is 0.435. The highest BCUT2D eigenvalue weighted by molar-refractivity contribution is 9.10. The maximum atomic E-state index is 11.5. The van der Waals surface area contributed by atoms with Gasteiger partial charge in [0, 0.05) is 17.7 Å². The smallest absolute Gasteiger partial charge is 0.290 e. The Morgan fingerprint density at radius 2 is 2.08 bits per heavy atom. The van der Waals surface area contributed by atoms with Gasteiger partial charge in [0.15, 0.2) is 0 Å². The summed E-state index contributed by atoms with van der Waals surface area (Å²) in [7, 11) is 0. The van der Waals surface area contributed by atoms with Crippen molar-refractivity contribution in [3.63, 3.8) is 0 Å². The predicted molar refractivity (Wildman–Crippen MR) is 92.6 cm³/mol. The Labute approximate surface area is 152 Å². The van der Waals surface area contributed by atoms with Crippen LogP contribution in [0.5, 0.6) is 0 Å². The molecule has 24 heavy (non-hydrogen) atoms. The van der Waals surface area contributed by atoms with Gasteiger partial charge in [-0.05, 0) is 45.9 Å². The van der Waals surface area contributed by atoms with Crippen LogP contribution >= 0.6 is 39.3 Å². The van der Waals surface area contributed by atoms with Crippen molar-refractivity contribution in [1.29, 1.82) is 0 Å². The van der Waals surface area contributed by atoms with Gasteiger partial charge in [0.05, 0.1) is 14.9 Å². The molecule has 0 radical (unpaired) electrons. The third-order valence-electron chi connectivity index (χ3n) is 3.03. The number of thioether (sulfide) groups is 1. The van der Waals surface area contributed by atoms with E-state index in [0.29, 0.717) is 17.1 Å². The largest absolute Gasteiger partial charge is 0.457 e. The number of benzene rings is 1. The summed E-state index contributed by atoms with van der Waals surface area (Å²) in [4.78, 5) is 33.3. The van der Waals surface area contributed by atoms with Gasteiger partial charge in [0.25, 0.3) is 16.8 Å². The van der Waals surface area contributed by atoms with Crippen LogP contribution in [-0.4, -0.2) is 16.1 Å². The standard InChI is InChI=1S/C14H6BrClN2O5S/c15-12-8(16)3-6(4-9(12)18(21)22)10-2-1-7(23-10)5-11-13(19)17-14(20)24-11/h1-5H,(H,17,19,20)/b11-5-. The highest BCUT2D eigenvalue weighted by Crippen LogP contribution is 2.37. The van der Waals surface area contributed by atoms with Crippen LogP contribution in [0, 0.1) is 10.1 Å². The summed E-state index contributed by atoms with van der Waals surface area (Å²) < 4.78 is 5.75. The first kappa shape index (κ1) is 16.7. The van der Waals surface area contributed by atoms with E-state index in [-0.39, 0.29) is 20.1 Å². The number of imide groups is 1. The van der Waals surface area contributed by atoms with E-state index in [4.69, 9.17) is 16.0 Å². The Kier molecular flexibility index (Phi) is 4.48. The first-order valence-electron chi connectivity index (χ1n) is 6.33. The zero-order valence-electron chi connectivity index (χ0n) is 11.5. The molecule has 0 aliphatic carbocycles. The summed E-state index contributed by atoms with van der Waals surface area (Å²) in [6.45, 7) is 0. The second-order valence-corrected chi connectivity index (χ2v) is 6.82.